The Morgan fingerprint density at radius 1 is 1.42 bits per heavy atom. The topological polar surface area (TPSA) is 58.1 Å². The fourth-order valence-corrected chi connectivity index (χ4v) is 3.03. The fourth-order valence-electron chi connectivity index (χ4n) is 2.65. The maximum Gasteiger partial charge on any atom is 0.329 e. The van der Waals surface area contributed by atoms with Crippen LogP contribution in [0.4, 0.5) is 0 Å². The molecule has 1 N–H and O–H groups in total. The van der Waals surface area contributed by atoms with E-state index in [1.54, 1.807) is 0 Å². The van der Waals surface area contributed by atoms with Gasteiger partial charge in [-0.1, -0.05) is 25.4 Å². The maximum absolute atomic E-state index is 12.4. The minimum absolute atomic E-state index is 0.00981. The highest BCUT2D eigenvalue weighted by Crippen LogP contribution is 2.18. The van der Waals surface area contributed by atoms with Crippen LogP contribution >= 0.6 is 11.6 Å². The Morgan fingerprint density at radius 3 is 2.63 bits per heavy atom. The molecule has 1 aromatic heterocycles. The van der Waals surface area contributed by atoms with Crippen molar-refractivity contribution in [1.82, 2.24) is 14.5 Å². The smallest absolute Gasteiger partial charge is 0.302 e. The summed E-state index contributed by atoms with van der Waals surface area (Å²) >= 11 is 5.97. The predicted molar refractivity (Wildman–Crippen MR) is 76.1 cm³/mol. The monoisotopic (exact) mass is 285 g/mol. The Labute approximate surface area is 117 Å². The molecule has 2 rings (SSSR count). The van der Waals surface area contributed by atoms with Crippen molar-refractivity contribution >= 4 is 11.6 Å². The van der Waals surface area contributed by atoms with Crippen LogP contribution in [0.25, 0.3) is 0 Å². The summed E-state index contributed by atoms with van der Waals surface area (Å²) in [6.07, 6.45) is 2.13. The lowest BCUT2D eigenvalue weighted by molar-refractivity contribution is 0.276. The van der Waals surface area contributed by atoms with E-state index < -0.39 is 5.69 Å². The van der Waals surface area contributed by atoms with E-state index in [9.17, 15) is 9.59 Å². The van der Waals surface area contributed by atoms with Crippen molar-refractivity contribution in [3.05, 3.63) is 31.6 Å². The number of hydrogen-bond donors (Lipinski definition) is 1. The van der Waals surface area contributed by atoms with Crippen LogP contribution < -0.4 is 11.2 Å². The van der Waals surface area contributed by atoms with Gasteiger partial charge in [-0.2, -0.15) is 0 Å². The Morgan fingerprint density at radius 2 is 2.11 bits per heavy atom. The standard InChI is InChI=1S/C13H20ClN3O2/c1-8(2)10-11(14)15-13(19)17(12(10)18)7-9-5-4-6-16(9)3/h8-9H,4-7H2,1-3H3,(H,15,19). The zero-order valence-electron chi connectivity index (χ0n) is 11.6. The van der Waals surface area contributed by atoms with Crippen LogP contribution in [0, 0.1) is 0 Å². The zero-order chi connectivity index (χ0) is 14.2. The lowest BCUT2D eigenvalue weighted by Gasteiger charge is -2.20. The Balaban J connectivity index is 2.43. The summed E-state index contributed by atoms with van der Waals surface area (Å²) in [6, 6.07) is 0.250. The second-order valence-electron chi connectivity index (χ2n) is 5.50. The van der Waals surface area contributed by atoms with Gasteiger partial charge in [0.1, 0.15) is 5.15 Å². The van der Waals surface area contributed by atoms with E-state index in [1.165, 1.54) is 4.57 Å². The molecule has 106 valence electrons. The molecule has 0 bridgehead atoms. The molecule has 19 heavy (non-hydrogen) atoms. The number of rotatable bonds is 3. The van der Waals surface area contributed by atoms with Crippen molar-refractivity contribution in [2.24, 2.45) is 0 Å². The van der Waals surface area contributed by atoms with Gasteiger partial charge in [0.2, 0.25) is 0 Å². The van der Waals surface area contributed by atoms with E-state index in [4.69, 9.17) is 11.6 Å². The number of aromatic amines is 1. The van der Waals surface area contributed by atoms with Crippen molar-refractivity contribution < 1.29 is 0 Å². The molecule has 1 unspecified atom stereocenters. The van der Waals surface area contributed by atoms with E-state index in [0.29, 0.717) is 12.1 Å². The van der Waals surface area contributed by atoms with Gasteiger partial charge in [0.15, 0.2) is 0 Å². The molecule has 0 amide bonds. The zero-order valence-corrected chi connectivity index (χ0v) is 12.3. The summed E-state index contributed by atoms with van der Waals surface area (Å²) in [5.74, 6) is -0.00981. The molecular weight excluding hydrogens is 266 g/mol. The summed E-state index contributed by atoms with van der Waals surface area (Å²) in [4.78, 5) is 29.1. The van der Waals surface area contributed by atoms with Gasteiger partial charge in [-0.25, -0.2) is 4.79 Å². The first-order chi connectivity index (χ1) is 8.91. The lowest BCUT2D eigenvalue weighted by Crippen LogP contribution is -2.43. The number of nitrogens with zero attached hydrogens (tertiary/aromatic N) is 2. The number of halogens is 1. The summed E-state index contributed by atoms with van der Waals surface area (Å²) in [6.45, 7) is 5.24. The third-order valence-electron chi connectivity index (χ3n) is 3.82. The fraction of sp³-hybridized carbons (Fsp3) is 0.692. The van der Waals surface area contributed by atoms with E-state index in [2.05, 4.69) is 9.88 Å². The molecule has 0 spiro atoms. The summed E-state index contributed by atoms with van der Waals surface area (Å²) in [5.41, 5.74) is -0.189. The highest BCUT2D eigenvalue weighted by molar-refractivity contribution is 6.30. The second-order valence-corrected chi connectivity index (χ2v) is 5.88. The van der Waals surface area contributed by atoms with Gasteiger partial charge in [-0.15, -0.1) is 0 Å². The van der Waals surface area contributed by atoms with Gasteiger partial charge < -0.3 is 4.90 Å². The third kappa shape index (κ3) is 2.77. The SMILES string of the molecule is CC(C)c1c(Cl)[nH]c(=O)n(CC2CCCN2C)c1=O. The quantitative estimate of drug-likeness (QED) is 0.854. The molecule has 1 aliphatic rings. The number of likely N-dealkylation sites (N-methyl/N-ethyl adjacent to an activating group) is 1. The summed E-state index contributed by atoms with van der Waals surface area (Å²) in [5, 5.41) is 0.168. The van der Waals surface area contributed by atoms with Gasteiger partial charge in [0.05, 0.1) is 5.56 Å². The molecule has 2 heterocycles. The normalized spacial score (nSPS) is 20.4. The summed E-state index contributed by atoms with van der Waals surface area (Å²) in [7, 11) is 2.02. The first-order valence-electron chi connectivity index (χ1n) is 6.64. The number of hydrogen-bond acceptors (Lipinski definition) is 3. The van der Waals surface area contributed by atoms with Crippen molar-refractivity contribution in [3.63, 3.8) is 0 Å². The van der Waals surface area contributed by atoms with E-state index in [-0.39, 0.29) is 22.7 Å². The van der Waals surface area contributed by atoms with Gasteiger partial charge >= 0.3 is 5.69 Å². The highest BCUT2D eigenvalue weighted by atomic mass is 35.5. The minimum atomic E-state index is -0.417. The van der Waals surface area contributed by atoms with Crippen molar-refractivity contribution in [3.8, 4) is 0 Å². The van der Waals surface area contributed by atoms with Crippen molar-refractivity contribution in [2.75, 3.05) is 13.6 Å². The van der Waals surface area contributed by atoms with Gasteiger partial charge in [-0.3, -0.25) is 14.3 Å². The average molecular weight is 286 g/mol. The van der Waals surface area contributed by atoms with Crippen LogP contribution in [0.1, 0.15) is 38.2 Å². The molecule has 0 saturated carbocycles. The highest BCUT2D eigenvalue weighted by Gasteiger charge is 2.24. The number of likely N-dealkylation sites (tertiary alicyclic amines) is 1. The largest absolute Gasteiger partial charge is 0.329 e. The molecule has 5 nitrogen and oxygen atoms in total. The van der Waals surface area contributed by atoms with Crippen LogP contribution in [-0.4, -0.2) is 34.1 Å². The molecule has 1 atom stereocenters. The van der Waals surface area contributed by atoms with E-state index in [1.807, 2.05) is 20.9 Å². The molecule has 1 fully saturated rings. The maximum atomic E-state index is 12.4. The van der Waals surface area contributed by atoms with Crippen LogP contribution in [0.3, 0.4) is 0 Å². The molecule has 1 aromatic rings. The Kier molecular flexibility index (Phi) is 4.16. The van der Waals surface area contributed by atoms with Gasteiger partial charge in [-0.05, 0) is 32.4 Å². The van der Waals surface area contributed by atoms with E-state index >= 15 is 0 Å². The van der Waals surface area contributed by atoms with Crippen LogP contribution in [0.2, 0.25) is 5.15 Å². The van der Waals surface area contributed by atoms with Crippen LogP contribution in [-0.2, 0) is 6.54 Å². The first kappa shape index (κ1) is 14.3. The molecule has 0 aromatic carbocycles. The molecule has 0 radical (unpaired) electrons. The van der Waals surface area contributed by atoms with Crippen LogP contribution in [0.15, 0.2) is 9.59 Å². The number of nitrogens with one attached hydrogen (secondary N) is 1. The molecular formula is C13H20ClN3O2. The van der Waals surface area contributed by atoms with Crippen molar-refractivity contribution in [2.45, 2.75) is 45.2 Å². The number of aromatic nitrogens is 2. The molecule has 1 saturated heterocycles. The molecule has 1 aliphatic heterocycles. The van der Waals surface area contributed by atoms with Crippen LogP contribution in [0.5, 0.6) is 0 Å². The van der Waals surface area contributed by atoms with Gasteiger partial charge in [0.25, 0.3) is 5.56 Å². The Bertz CT molecular complexity index is 576. The van der Waals surface area contributed by atoms with E-state index in [0.717, 1.165) is 19.4 Å². The molecule has 6 heteroatoms. The van der Waals surface area contributed by atoms with Gasteiger partial charge in [0, 0.05) is 12.6 Å². The Hall–Kier alpha value is -1.07. The second kappa shape index (κ2) is 5.51. The first-order valence-corrected chi connectivity index (χ1v) is 7.02. The lowest BCUT2D eigenvalue weighted by atomic mass is 10.1. The van der Waals surface area contributed by atoms with Crippen molar-refractivity contribution in [1.29, 1.82) is 0 Å². The minimum Gasteiger partial charge on any atom is -0.302 e. The molecule has 0 aliphatic carbocycles. The summed E-state index contributed by atoms with van der Waals surface area (Å²) < 4.78 is 1.29. The third-order valence-corrected chi connectivity index (χ3v) is 4.11. The predicted octanol–water partition coefficient (Wildman–Crippen LogP) is 1.41. The number of H-pyrrole nitrogens is 1. The average Bonchev–Trinajstić information content (AvgIpc) is 2.69.